The molecule has 2 aromatic heterocycles. The van der Waals surface area contributed by atoms with Gasteiger partial charge in [0, 0.05) is 13.2 Å². The van der Waals surface area contributed by atoms with E-state index in [-0.39, 0.29) is 0 Å². The number of rotatable bonds is 0. The Bertz CT molecular complexity index is 390. The minimum absolute atomic E-state index is 0.957. The van der Waals surface area contributed by atoms with Crippen molar-refractivity contribution in [2.24, 2.45) is 7.05 Å². The topological polar surface area (TPSA) is 30.7 Å². The molecule has 0 saturated carbocycles. The van der Waals surface area contributed by atoms with Gasteiger partial charge in [-0.1, -0.05) is 13.8 Å². The molecule has 0 spiro atoms. The van der Waals surface area contributed by atoms with Crippen LogP contribution in [-0.2, 0) is 7.05 Å². The van der Waals surface area contributed by atoms with Crippen LogP contribution in [0.1, 0.15) is 19.5 Å². The van der Waals surface area contributed by atoms with Gasteiger partial charge < -0.3 is 4.57 Å². The highest BCUT2D eigenvalue weighted by Gasteiger charge is 1.98. The lowest BCUT2D eigenvalue weighted by molar-refractivity contribution is 0.954. The monoisotopic (exact) mass is 177 g/mol. The van der Waals surface area contributed by atoms with E-state index in [0.29, 0.717) is 0 Å². The molecule has 2 rings (SSSR count). The van der Waals surface area contributed by atoms with Gasteiger partial charge in [-0.3, -0.25) is 0 Å². The molecule has 2 aromatic rings. The molecule has 0 radical (unpaired) electrons. The predicted molar refractivity (Wildman–Crippen MR) is 54.6 cm³/mol. The van der Waals surface area contributed by atoms with E-state index < -0.39 is 0 Å². The van der Waals surface area contributed by atoms with E-state index in [0.717, 1.165) is 16.7 Å². The Hall–Kier alpha value is -1.38. The average Bonchev–Trinajstić information content (AvgIpc) is 2.52. The number of hydrogen-bond acceptors (Lipinski definition) is 2. The summed E-state index contributed by atoms with van der Waals surface area (Å²) in [5.41, 5.74) is 3.05. The molecule has 0 aliphatic heterocycles. The van der Waals surface area contributed by atoms with Gasteiger partial charge in [-0.25, -0.2) is 0 Å². The second kappa shape index (κ2) is 4.03. The second-order valence-electron chi connectivity index (χ2n) is 2.68. The minimum Gasteiger partial charge on any atom is -0.349 e. The molecule has 3 heteroatoms. The summed E-state index contributed by atoms with van der Waals surface area (Å²) < 4.78 is 2.04. The van der Waals surface area contributed by atoms with Gasteiger partial charge in [0.05, 0.1) is 11.2 Å². The van der Waals surface area contributed by atoms with Crippen LogP contribution in [0.15, 0.2) is 18.3 Å². The van der Waals surface area contributed by atoms with E-state index in [1.807, 2.05) is 50.7 Å². The zero-order valence-electron chi connectivity index (χ0n) is 8.57. The Balaban J connectivity index is 0.000000396. The van der Waals surface area contributed by atoms with Crippen LogP contribution in [-0.4, -0.2) is 14.8 Å². The van der Waals surface area contributed by atoms with Crippen molar-refractivity contribution in [3.05, 3.63) is 24.0 Å². The molecule has 0 unspecified atom stereocenters. The first-order valence-electron chi connectivity index (χ1n) is 4.53. The summed E-state index contributed by atoms with van der Waals surface area (Å²) >= 11 is 0. The molecule has 0 saturated heterocycles. The lowest BCUT2D eigenvalue weighted by atomic mass is 10.4. The lowest BCUT2D eigenvalue weighted by Crippen LogP contribution is -1.89. The van der Waals surface area contributed by atoms with Crippen molar-refractivity contribution < 1.29 is 0 Å². The van der Waals surface area contributed by atoms with Crippen LogP contribution in [0.5, 0.6) is 0 Å². The summed E-state index contributed by atoms with van der Waals surface area (Å²) in [5, 5.41) is 7.99. The minimum atomic E-state index is 0.957. The summed E-state index contributed by atoms with van der Waals surface area (Å²) in [7, 11) is 2.00. The van der Waals surface area contributed by atoms with E-state index in [9.17, 15) is 0 Å². The molecule has 0 N–H and O–H groups in total. The van der Waals surface area contributed by atoms with Crippen molar-refractivity contribution >= 4 is 11.0 Å². The summed E-state index contributed by atoms with van der Waals surface area (Å²) in [5.74, 6) is 0. The number of hydrogen-bond donors (Lipinski definition) is 0. The molecule has 0 aliphatic rings. The van der Waals surface area contributed by atoms with Gasteiger partial charge in [0.25, 0.3) is 0 Å². The molecule has 3 nitrogen and oxygen atoms in total. The highest BCUT2D eigenvalue weighted by Crippen LogP contribution is 2.10. The molecular formula is C10H15N3. The Labute approximate surface area is 78.4 Å². The normalized spacial score (nSPS) is 9.54. The first-order chi connectivity index (χ1) is 6.27. The van der Waals surface area contributed by atoms with E-state index in [1.165, 1.54) is 0 Å². The average molecular weight is 177 g/mol. The fraction of sp³-hybridized carbons (Fsp3) is 0.400. The maximum atomic E-state index is 4.03. The number of fused-ring (bicyclic) bond motifs is 1. The maximum absolute atomic E-state index is 4.03. The van der Waals surface area contributed by atoms with Crippen LogP contribution < -0.4 is 0 Å². The number of aromatic nitrogens is 3. The highest BCUT2D eigenvalue weighted by atomic mass is 15.1. The molecule has 0 aliphatic carbocycles. The Kier molecular flexibility index (Phi) is 3.01. The molecule has 0 aromatic carbocycles. The first kappa shape index (κ1) is 9.71. The quantitative estimate of drug-likeness (QED) is 0.618. The zero-order chi connectivity index (χ0) is 9.84. The Morgan fingerprint density at radius 3 is 2.62 bits per heavy atom. The van der Waals surface area contributed by atoms with E-state index >= 15 is 0 Å². The van der Waals surface area contributed by atoms with Crippen molar-refractivity contribution in [3.63, 3.8) is 0 Å². The number of aryl methyl sites for hydroxylation is 2. The fourth-order valence-corrected chi connectivity index (χ4v) is 1.15. The van der Waals surface area contributed by atoms with Gasteiger partial charge in [-0.2, -0.15) is 5.10 Å². The Morgan fingerprint density at radius 1 is 1.23 bits per heavy atom. The van der Waals surface area contributed by atoms with Crippen LogP contribution in [0.25, 0.3) is 11.0 Å². The summed E-state index contributed by atoms with van der Waals surface area (Å²) in [4.78, 5) is 0. The van der Waals surface area contributed by atoms with E-state index in [4.69, 9.17) is 0 Å². The van der Waals surface area contributed by atoms with Crippen molar-refractivity contribution in [2.75, 3.05) is 0 Å². The van der Waals surface area contributed by atoms with Gasteiger partial charge in [-0.15, -0.1) is 5.10 Å². The maximum Gasteiger partial charge on any atom is 0.111 e. The van der Waals surface area contributed by atoms with Crippen LogP contribution >= 0.6 is 0 Å². The van der Waals surface area contributed by atoms with Gasteiger partial charge in [-0.05, 0) is 19.1 Å². The third-order valence-electron chi connectivity index (χ3n) is 1.76. The molecule has 0 bridgehead atoms. The second-order valence-corrected chi connectivity index (χ2v) is 2.68. The predicted octanol–water partition coefficient (Wildman–Crippen LogP) is 2.30. The zero-order valence-corrected chi connectivity index (χ0v) is 8.57. The van der Waals surface area contributed by atoms with Crippen molar-refractivity contribution in [1.82, 2.24) is 14.8 Å². The highest BCUT2D eigenvalue weighted by molar-refractivity contribution is 5.75. The van der Waals surface area contributed by atoms with Crippen LogP contribution in [0.3, 0.4) is 0 Å². The van der Waals surface area contributed by atoms with Crippen LogP contribution in [0, 0.1) is 6.92 Å². The van der Waals surface area contributed by atoms with E-state index in [2.05, 4.69) is 10.2 Å². The molecule has 0 amide bonds. The summed E-state index contributed by atoms with van der Waals surface area (Å²) in [6.45, 7) is 5.94. The Morgan fingerprint density at radius 2 is 1.92 bits per heavy atom. The molecule has 70 valence electrons. The van der Waals surface area contributed by atoms with Crippen LogP contribution in [0.4, 0.5) is 0 Å². The summed E-state index contributed by atoms with van der Waals surface area (Å²) in [6, 6.07) is 3.99. The van der Waals surface area contributed by atoms with Crippen molar-refractivity contribution in [3.8, 4) is 0 Å². The number of nitrogens with zero attached hydrogens (tertiary/aromatic N) is 3. The van der Waals surface area contributed by atoms with Gasteiger partial charge in [0.2, 0.25) is 0 Å². The van der Waals surface area contributed by atoms with Gasteiger partial charge in [0.15, 0.2) is 0 Å². The standard InChI is InChI=1S/C8H9N3.C2H6/c1-6-5-8-7(10-9-6)3-4-11(8)2;1-2/h3-5H,1-2H3;1-2H3. The molecular weight excluding hydrogens is 162 g/mol. The molecule has 13 heavy (non-hydrogen) atoms. The van der Waals surface area contributed by atoms with Crippen molar-refractivity contribution in [1.29, 1.82) is 0 Å². The first-order valence-corrected chi connectivity index (χ1v) is 4.53. The molecule has 0 atom stereocenters. The van der Waals surface area contributed by atoms with Gasteiger partial charge in [0.1, 0.15) is 5.52 Å². The largest absolute Gasteiger partial charge is 0.349 e. The smallest absolute Gasteiger partial charge is 0.111 e. The lowest BCUT2D eigenvalue weighted by Gasteiger charge is -1.94. The molecule has 2 heterocycles. The van der Waals surface area contributed by atoms with Crippen molar-refractivity contribution in [2.45, 2.75) is 20.8 Å². The third kappa shape index (κ3) is 1.86. The van der Waals surface area contributed by atoms with Gasteiger partial charge >= 0.3 is 0 Å². The van der Waals surface area contributed by atoms with E-state index in [1.54, 1.807) is 0 Å². The third-order valence-corrected chi connectivity index (χ3v) is 1.76. The summed E-state index contributed by atoms with van der Waals surface area (Å²) in [6.07, 6.45) is 1.98. The molecule has 0 fully saturated rings. The fourth-order valence-electron chi connectivity index (χ4n) is 1.15. The SMILES string of the molecule is CC.Cc1cc2c(ccn2C)nn1. The van der Waals surface area contributed by atoms with Crippen LogP contribution in [0.2, 0.25) is 0 Å².